The molecule has 1 saturated heterocycles. The van der Waals surface area contributed by atoms with Crippen LogP contribution >= 0.6 is 0 Å². The lowest BCUT2D eigenvalue weighted by Gasteiger charge is -2.38. The van der Waals surface area contributed by atoms with Gasteiger partial charge in [-0.05, 0) is 75.6 Å². The number of H-pyrrole nitrogens is 2. The normalized spacial score (nSPS) is 14.7. The molecule has 0 radical (unpaired) electrons. The second-order valence-corrected chi connectivity index (χ2v) is 11.2. The molecule has 3 N–H and O–H groups in total. The Labute approximate surface area is 245 Å². The predicted octanol–water partition coefficient (Wildman–Crippen LogP) is 5.34. The van der Waals surface area contributed by atoms with E-state index in [0.29, 0.717) is 12.3 Å². The van der Waals surface area contributed by atoms with Crippen LogP contribution in [0.5, 0.6) is 5.75 Å². The molecule has 5 aromatic rings. The van der Waals surface area contributed by atoms with Gasteiger partial charge in [-0.15, -0.1) is 0 Å². The third-order valence-corrected chi connectivity index (χ3v) is 8.33. The van der Waals surface area contributed by atoms with Crippen LogP contribution in [0, 0.1) is 13.8 Å². The van der Waals surface area contributed by atoms with Crippen molar-refractivity contribution in [1.82, 2.24) is 35.2 Å². The highest BCUT2D eigenvalue weighted by Crippen LogP contribution is 2.38. The number of hydrogen-bond donors (Lipinski definition) is 3. The summed E-state index contributed by atoms with van der Waals surface area (Å²) in [5, 5.41) is 3.56. The van der Waals surface area contributed by atoms with E-state index in [1.807, 2.05) is 19.1 Å². The number of aromatic nitrogens is 6. The number of carbonyl (C=O) groups excluding carboxylic acids is 1. The first kappa shape index (κ1) is 27.4. The summed E-state index contributed by atoms with van der Waals surface area (Å²) < 4.78 is 5.73. The number of carbonyl (C=O) groups is 1. The maximum absolute atomic E-state index is 11.9. The van der Waals surface area contributed by atoms with Gasteiger partial charge in [0.05, 0.1) is 23.4 Å². The van der Waals surface area contributed by atoms with Gasteiger partial charge in [-0.1, -0.05) is 6.92 Å². The Kier molecular flexibility index (Phi) is 7.14. The third-order valence-electron chi connectivity index (χ3n) is 8.33. The molecule has 6 rings (SSSR count). The van der Waals surface area contributed by atoms with Gasteiger partial charge in [-0.3, -0.25) is 9.78 Å². The summed E-state index contributed by atoms with van der Waals surface area (Å²) in [6.07, 6.45) is 5.19. The number of benzene rings is 1. The van der Waals surface area contributed by atoms with E-state index < -0.39 is 0 Å². The smallest absolute Gasteiger partial charge is 0.269 e. The lowest BCUT2D eigenvalue weighted by molar-refractivity contribution is 0.0958. The summed E-state index contributed by atoms with van der Waals surface area (Å²) >= 11 is 0. The van der Waals surface area contributed by atoms with E-state index in [2.05, 4.69) is 74.1 Å². The van der Waals surface area contributed by atoms with Gasteiger partial charge in [-0.2, -0.15) is 0 Å². The average Bonchev–Trinajstić information content (AvgIpc) is 3.63. The van der Waals surface area contributed by atoms with Crippen LogP contribution in [0.15, 0.2) is 48.9 Å². The number of nitrogens with zero attached hydrogens (tertiary/aromatic N) is 5. The first-order valence-electron chi connectivity index (χ1n) is 14.4. The minimum absolute atomic E-state index is 0.0759. The first-order valence-corrected chi connectivity index (χ1v) is 14.4. The second kappa shape index (κ2) is 10.9. The van der Waals surface area contributed by atoms with Gasteiger partial charge in [-0.25, -0.2) is 15.0 Å². The standard InChI is InChI=1S/C32H36N8O2/c1-6-42-26-10-8-21(15-19(26)2)27-20(3)37-31(39-27)32(4)11-13-40(14-12-32)29-23-16-25(38-28(23)35-18-36-29)22-7-9-24(34-17-22)30(41)33-5/h7-10,15-18H,6,11-14H2,1-5H3,(H,33,41)(H,37,39)(H,35,36,38). The molecule has 0 spiro atoms. The molecule has 42 heavy (non-hydrogen) atoms. The van der Waals surface area contributed by atoms with Crippen molar-refractivity contribution in [3.05, 3.63) is 71.7 Å². The van der Waals surface area contributed by atoms with E-state index >= 15 is 0 Å². The number of nitrogens with one attached hydrogen (secondary N) is 3. The van der Waals surface area contributed by atoms with Crippen LogP contribution in [0.4, 0.5) is 5.82 Å². The number of imidazole rings is 1. The summed E-state index contributed by atoms with van der Waals surface area (Å²) in [5.41, 5.74) is 7.15. The molecule has 1 fully saturated rings. The Morgan fingerprint density at radius 1 is 1.05 bits per heavy atom. The van der Waals surface area contributed by atoms with Gasteiger partial charge < -0.3 is 24.9 Å². The van der Waals surface area contributed by atoms with Gasteiger partial charge in [0, 0.05) is 48.6 Å². The highest BCUT2D eigenvalue weighted by atomic mass is 16.5. The molecule has 0 atom stereocenters. The van der Waals surface area contributed by atoms with Crippen molar-refractivity contribution in [1.29, 1.82) is 0 Å². The van der Waals surface area contributed by atoms with E-state index in [4.69, 9.17) is 9.72 Å². The Hall–Kier alpha value is -4.73. The fourth-order valence-corrected chi connectivity index (χ4v) is 5.75. The number of piperidine rings is 1. The maximum Gasteiger partial charge on any atom is 0.269 e. The zero-order chi connectivity index (χ0) is 29.4. The summed E-state index contributed by atoms with van der Waals surface area (Å²) in [6, 6.07) is 12.0. The van der Waals surface area contributed by atoms with Gasteiger partial charge in [0.25, 0.3) is 5.91 Å². The Balaban J connectivity index is 1.21. The fourth-order valence-electron chi connectivity index (χ4n) is 5.75. The Morgan fingerprint density at radius 3 is 2.52 bits per heavy atom. The molecule has 5 heterocycles. The summed E-state index contributed by atoms with van der Waals surface area (Å²) in [4.78, 5) is 39.8. The van der Waals surface area contributed by atoms with E-state index in [0.717, 1.165) is 88.1 Å². The van der Waals surface area contributed by atoms with Crippen molar-refractivity contribution in [3.8, 4) is 28.3 Å². The average molecular weight is 565 g/mol. The highest BCUT2D eigenvalue weighted by Gasteiger charge is 2.36. The Bertz CT molecular complexity index is 1750. The van der Waals surface area contributed by atoms with E-state index in [-0.39, 0.29) is 11.3 Å². The monoisotopic (exact) mass is 564 g/mol. The number of anilines is 1. The van der Waals surface area contributed by atoms with Gasteiger partial charge >= 0.3 is 0 Å². The van der Waals surface area contributed by atoms with E-state index in [9.17, 15) is 4.79 Å². The number of rotatable bonds is 7. The van der Waals surface area contributed by atoms with Crippen LogP contribution in [0.2, 0.25) is 0 Å². The van der Waals surface area contributed by atoms with Crippen LogP contribution in [0.3, 0.4) is 0 Å². The topological polar surface area (TPSA) is 125 Å². The van der Waals surface area contributed by atoms with Crippen molar-refractivity contribution in [3.63, 3.8) is 0 Å². The van der Waals surface area contributed by atoms with Crippen molar-refractivity contribution < 1.29 is 9.53 Å². The first-order chi connectivity index (χ1) is 20.3. The summed E-state index contributed by atoms with van der Waals surface area (Å²) in [6.45, 7) is 10.8. The fraction of sp³-hybridized carbons (Fsp3) is 0.344. The van der Waals surface area contributed by atoms with Crippen LogP contribution in [0.25, 0.3) is 33.5 Å². The lowest BCUT2D eigenvalue weighted by Crippen LogP contribution is -2.42. The molecule has 4 aromatic heterocycles. The predicted molar refractivity (Wildman–Crippen MR) is 164 cm³/mol. The Morgan fingerprint density at radius 2 is 1.83 bits per heavy atom. The van der Waals surface area contributed by atoms with Crippen molar-refractivity contribution >= 4 is 22.8 Å². The number of aromatic amines is 2. The van der Waals surface area contributed by atoms with Crippen molar-refractivity contribution in [2.45, 2.75) is 46.0 Å². The maximum atomic E-state index is 11.9. The molecular formula is C32H36N8O2. The minimum atomic E-state index is -0.212. The highest BCUT2D eigenvalue weighted by molar-refractivity contribution is 5.93. The van der Waals surface area contributed by atoms with Gasteiger partial charge in [0.15, 0.2) is 0 Å². The van der Waals surface area contributed by atoms with Crippen LogP contribution in [-0.4, -0.2) is 62.6 Å². The second-order valence-electron chi connectivity index (χ2n) is 11.2. The van der Waals surface area contributed by atoms with Crippen LogP contribution in [-0.2, 0) is 5.41 Å². The molecule has 1 aliphatic rings. The van der Waals surface area contributed by atoms with E-state index in [1.54, 1.807) is 25.6 Å². The van der Waals surface area contributed by atoms with E-state index in [1.165, 1.54) is 0 Å². The molecule has 216 valence electrons. The molecule has 1 amide bonds. The molecule has 0 bridgehead atoms. The zero-order valence-electron chi connectivity index (χ0n) is 24.7. The number of ether oxygens (including phenoxy) is 1. The molecule has 0 unspecified atom stereocenters. The van der Waals surface area contributed by atoms with Crippen molar-refractivity contribution in [2.75, 3.05) is 31.6 Å². The molecule has 10 nitrogen and oxygen atoms in total. The molecular weight excluding hydrogens is 528 g/mol. The summed E-state index contributed by atoms with van der Waals surface area (Å²) in [5.74, 6) is 2.66. The molecule has 0 aliphatic carbocycles. The molecule has 1 aromatic carbocycles. The minimum Gasteiger partial charge on any atom is -0.494 e. The van der Waals surface area contributed by atoms with Crippen molar-refractivity contribution in [2.24, 2.45) is 0 Å². The third kappa shape index (κ3) is 4.97. The summed E-state index contributed by atoms with van der Waals surface area (Å²) in [7, 11) is 1.59. The largest absolute Gasteiger partial charge is 0.494 e. The SMILES string of the molecule is CCOc1ccc(-c2[nH]c(C3(C)CCN(c4ncnc5[nH]c(-c6ccc(C(=O)NC)nc6)cc45)CC3)nc2C)cc1C. The molecule has 1 aliphatic heterocycles. The number of fused-ring (bicyclic) bond motifs is 1. The molecule has 0 saturated carbocycles. The quantitative estimate of drug-likeness (QED) is 0.244. The van der Waals surface area contributed by atoms with Crippen LogP contribution in [0.1, 0.15) is 54.3 Å². The lowest BCUT2D eigenvalue weighted by atomic mass is 9.79. The number of hydrogen-bond acceptors (Lipinski definition) is 7. The zero-order valence-corrected chi connectivity index (χ0v) is 24.7. The number of amides is 1. The van der Waals surface area contributed by atoms with Gasteiger partial charge in [0.2, 0.25) is 0 Å². The molecule has 10 heteroatoms. The number of pyridine rings is 1. The number of aryl methyl sites for hydroxylation is 2. The van der Waals surface area contributed by atoms with Gasteiger partial charge in [0.1, 0.15) is 35.1 Å². The van der Waals surface area contributed by atoms with Crippen LogP contribution < -0.4 is 15.0 Å².